The van der Waals surface area contributed by atoms with Crippen molar-refractivity contribution >= 4 is 8.07 Å². The molecule has 0 aliphatic carbocycles. The van der Waals surface area contributed by atoms with Gasteiger partial charge in [0.1, 0.15) is 0 Å². The van der Waals surface area contributed by atoms with Crippen molar-refractivity contribution in [2.24, 2.45) is 0 Å². The first-order valence-electron chi connectivity index (χ1n) is 2.08. The summed E-state index contributed by atoms with van der Waals surface area (Å²) in [5.41, 5.74) is 0. The molecule has 0 radical (unpaired) electrons. The van der Waals surface area contributed by atoms with E-state index < -0.39 is 8.07 Å². The summed E-state index contributed by atoms with van der Waals surface area (Å²) < 4.78 is 0. The van der Waals surface area contributed by atoms with Gasteiger partial charge in [0.15, 0.2) is 0 Å². The molecule has 0 unspecified atom stereocenters. The molecule has 40 valence electrons. The van der Waals surface area contributed by atoms with Crippen LogP contribution in [0, 0.1) is 0 Å². The van der Waals surface area contributed by atoms with E-state index in [1.54, 1.807) is 0 Å². The summed E-state index contributed by atoms with van der Waals surface area (Å²) in [6, 6.07) is 0. The standard InChI is InChI=1S/C4H11Si.Ni/c1-5(2,3)4;/h1H2,2-4H3;/q;+1. The SMILES string of the molecule is C[Si](C)(C)[CH2][Ni+]. The van der Waals surface area contributed by atoms with E-state index in [1.165, 1.54) is 0 Å². The molecule has 0 aromatic rings. The van der Waals surface area contributed by atoms with Crippen LogP contribution in [0.5, 0.6) is 0 Å². The Kier molecular flexibility index (Phi) is 2.38. The van der Waals surface area contributed by atoms with Gasteiger partial charge in [0.05, 0.1) is 0 Å². The number of hydrogen-bond acceptors (Lipinski definition) is 0. The first-order valence-corrected chi connectivity index (χ1v) is 6.48. The average molecular weight is 146 g/mol. The molecule has 0 spiro atoms. The predicted molar refractivity (Wildman–Crippen MR) is 28.2 cm³/mol. The fraction of sp³-hybridized carbons (Fsp3) is 1.00. The Balaban J connectivity index is 3.17. The Labute approximate surface area is 48.7 Å². The van der Waals surface area contributed by atoms with Crippen LogP contribution in [0.4, 0.5) is 0 Å². The van der Waals surface area contributed by atoms with Crippen molar-refractivity contribution in [3.63, 3.8) is 0 Å². The summed E-state index contributed by atoms with van der Waals surface area (Å²) in [4.78, 5) is 0. The molecule has 0 heterocycles. The third kappa shape index (κ3) is 4.71. The van der Waals surface area contributed by atoms with Crippen LogP contribution < -0.4 is 0 Å². The fourth-order valence-electron chi connectivity index (χ4n) is 0. The molecule has 0 N–H and O–H groups in total. The quantitative estimate of drug-likeness (QED) is 0.495. The Morgan fingerprint density at radius 1 is 1.33 bits per heavy atom. The van der Waals surface area contributed by atoms with Gasteiger partial charge in [0.25, 0.3) is 0 Å². The van der Waals surface area contributed by atoms with Gasteiger partial charge in [-0.1, -0.05) is 0 Å². The molecule has 6 heavy (non-hydrogen) atoms. The van der Waals surface area contributed by atoms with E-state index in [0.29, 0.717) is 0 Å². The second-order valence-corrected chi connectivity index (χ2v) is 9.06. The van der Waals surface area contributed by atoms with Crippen LogP contribution in [0.15, 0.2) is 0 Å². The summed E-state index contributed by atoms with van der Waals surface area (Å²) in [5, 5.41) is 1.03. The second kappa shape index (κ2) is 2.13. The molecule has 0 amide bonds. The molecule has 0 fully saturated rings. The zero-order valence-electron chi connectivity index (χ0n) is 4.52. The normalized spacial score (nSPS) is 12.2. The minimum atomic E-state index is -0.798. The van der Waals surface area contributed by atoms with Crippen molar-refractivity contribution in [2.75, 3.05) is 0 Å². The number of rotatable bonds is 1. The Morgan fingerprint density at radius 3 is 1.50 bits per heavy atom. The zero-order chi connectivity index (χ0) is 5.21. The first kappa shape index (κ1) is 6.71. The Hall–Kier alpha value is 0.710. The van der Waals surface area contributed by atoms with Gasteiger partial charge in [-0.2, -0.15) is 0 Å². The van der Waals surface area contributed by atoms with Crippen LogP contribution in [0.3, 0.4) is 0 Å². The molecular weight excluding hydrogens is 135 g/mol. The molecule has 0 saturated carbocycles. The maximum atomic E-state index is 4.59. The molecule has 0 saturated heterocycles. The molecule has 0 nitrogen and oxygen atoms in total. The van der Waals surface area contributed by atoms with Crippen LogP contribution in [0.2, 0.25) is 24.7 Å². The molecule has 0 aromatic carbocycles. The van der Waals surface area contributed by atoms with Crippen LogP contribution in [-0.4, -0.2) is 8.07 Å². The summed E-state index contributed by atoms with van der Waals surface area (Å²) in [6.45, 7) is 6.86. The predicted octanol–water partition coefficient (Wildman–Crippen LogP) is 1.83. The van der Waals surface area contributed by atoms with Gasteiger partial charge >= 0.3 is 48.2 Å². The molecule has 0 rings (SSSR count). The summed E-state index contributed by atoms with van der Waals surface area (Å²) in [5.74, 6) is 0. The molecule has 0 atom stereocenters. The van der Waals surface area contributed by atoms with Gasteiger partial charge in [0, 0.05) is 0 Å². The van der Waals surface area contributed by atoms with Crippen LogP contribution in [0.25, 0.3) is 0 Å². The van der Waals surface area contributed by atoms with Gasteiger partial charge < -0.3 is 0 Å². The van der Waals surface area contributed by atoms with Crippen molar-refractivity contribution in [3.05, 3.63) is 0 Å². The fourth-order valence-corrected chi connectivity index (χ4v) is 0. The van der Waals surface area contributed by atoms with Gasteiger partial charge in [-0.05, 0) is 0 Å². The van der Waals surface area contributed by atoms with Gasteiger partial charge in [-0.3, -0.25) is 0 Å². The molecule has 0 aliphatic heterocycles. The zero-order valence-corrected chi connectivity index (χ0v) is 6.51. The van der Waals surface area contributed by atoms with Crippen molar-refractivity contribution in [1.82, 2.24) is 0 Å². The van der Waals surface area contributed by atoms with Gasteiger partial charge in [-0.25, -0.2) is 0 Å². The van der Waals surface area contributed by atoms with Crippen LogP contribution >= 0.6 is 0 Å². The Morgan fingerprint density at radius 2 is 1.50 bits per heavy atom. The van der Waals surface area contributed by atoms with E-state index in [9.17, 15) is 0 Å². The minimum absolute atomic E-state index is 0.798. The van der Waals surface area contributed by atoms with Gasteiger partial charge in [-0.15, -0.1) is 0 Å². The van der Waals surface area contributed by atoms with E-state index in [-0.39, 0.29) is 0 Å². The monoisotopic (exact) mass is 145 g/mol. The summed E-state index contributed by atoms with van der Waals surface area (Å²) in [7, 11) is -0.798. The first-order chi connectivity index (χ1) is 2.56. The van der Waals surface area contributed by atoms with Gasteiger partial charge in [0.2, 0.25) is 0 Å². The van der Waals surface area contributed by atoms with E-state index in [4.69, 9.17) is 0 Å². The van der Waals surface area contributed by atoms with Crippen LogP contribution in [0.1, 0.15) is 0 Å². The average Bonchev–Trinajstić information content (AvgIpc) is 1.35. The molecule has 0 aromatic heterocycles. The summed E-state index contributed by atoms with van der Waals surface area (Å²) in [6.07, 6.45) is 0. The van der Waals surface area contributed by atoms with Crippen LogP contribution in [-0.2, 0) is 15.5 Å². The van der Waals surface area contributed by atoms with E-state index >= 15 is 0 Å². The second-order valence-electron chi connectivity index (χ2n) is 2.67. The Bertz CT molecular complexity index is 37.3. The van der Waals surface area contributed by atoms with Crippen molar-refractivity contribution in [3.8, 4) is 0 Å². The number of hydrogen-bond donors (Lipinski definition) is 0. The molecule has 2 heteroatoms. The third-order valence-electron chi connectivity index (χ3n) is 0.335. The molecule has 0 bridgehead atoms. The van der Waals surface area contributed by atoms with Crippen molar-refractivity contribution in [2.45, 2.75) is 24.7 Å². The topological polar surface area (TPSA) is 0 Å². The molecule has 0 aliphatic rings. The summed E-state index contributed by atoms with van der Waals surface area (Å²) >= 11 is 4.59. The maximum absolute atomic E-state index is 4.59. The van der Waals surface area contributed by atoms with E-state index in [2.05, 4.69) is 35.1 Å². The van der Waals surface area contributed by atoms with Crippen molar-refractivity contribution < 1.29 is 15.5 Å². The third-order valence-corrected chi connectivity index (χ3v) is 4.15. The van der Waals surface area contributed by atoms with E-state index in [1.807, 2.05) is 0 Å². The van der Waals surface area contributed by atoms with Crippen molar-refractivity contribution in [1.29, 1.82) is 0 Å². The van der Waals surface area contributed by atoms with E-state index in [0.717, 1.165) is 5.01 Å². The molecular formula is C4H11NiSi+.